The number of H-pyrrole nitrogens is 2. The molecule has 0 fully saturated rings. The Bertz CT molecular complexity index is 1110. The SMILES string of the molecule is Cc1cc2c(=O)[nH]c(=O)[nH]c2c(I)c1-c1ccc(F)cc1C#N. The van der Waals surface area contributed by atoms with E-state index in [9.17, 15) is 19.2 Å². The van der Waals surface area contributed by atoms with Gasteiger partial charge in [-0.25, -0.2) is 9.18 Å². The van der Waals surface area contributed by atoms with Crippen LogP contribution in [0.3, 0.4) is 0 Å². The van der Waals surface area contributed by atoms with Gasteiger partial charge in [0, 0.05) is 14.7 Å². The van der Waals surface area contributed by atoms with Crippen molar-refractivity contribution >= 4 is 33.5 Å². The summed E-state index contributed by atoms with van der Waals surface area (Å²) in [6.45, 7) is 1.80. The van der Waals surface area contributed by atoms with Gasteiger partial charge in [0.1, 0.15) is 5.82 Å². The molecular formula is C16H9FIN3O2. The number of aromatic nitrogens is 2. The molecule has 0 aliphatic rings. The molecule has 0 amide bonds. The first-order chi connectivity index (χ1) is 10.9. The summed E-state index contributed by atoms with van der Waals surface area (Å²) in [5.41, 5.74) is 1.51. The number of fused-ring (bicyclic) bond motifs is 1. The van der Waals surface area contributed by atoms with E-state index in [2.05, 4.69) is 9.97 Å². The van der Waals surface area contributed by atoms with Crippen molar-refractivity contribution < 1.29 is 4.39 Å². The van der Waals surface area contributed by atoms with Gasteiger partial charge in [-0.15, -0.1) is 0 Å². The maximum Gasteiger partial charge on any atom is 0.326 e. The van der Waals surface area contributed by atoms with E-state index in [-0.39, 0.29) is 5.56 Å². The number of nitriles is 1. The zero-order valence-corrected chi connectivity index (χ0v) is 14.0. The van der Waals surface area contributed by atoms with Gasteiger partial charge in [-0.3, -0.25) is 9.78 Å². The fourth-order valence-electron chi connectivity index (χ4n) is 2.55. The van der Waals surface area contributed by atoms with Gasteiger partial charge in [0.15, 0.2) is 0 Å². The second-order valence-corrected chi connectivity index (χ2v) is 6.09. The highest BCUT2D eigenvalue weighted by molar-refractivity contribution is 14.1. The molecule has 0 bridgehead atoms. The van der Waals surface area contributed by atoms with E-state index >= 15 is 0 Å². The standard InChI is InChI=1S/C16H9FIN3O2/c1-7-4-11-14(20-16(23)21-15(11)22)13(18)12(7)10-3-2-9(17)5-8(10)6-19/h2-5H,1H3,(H2,20,21,22,23). The molecule has 3 rings (SSSR count). The monoisotopic (exact) mass is 421 g/mol. The van der Waals surface area contributed by atoms with Crippen LogP contribution in [0.4, 0.5) is 4.39 Å². The van der Waals surface area contributed by atoms with Crippen LogP contribution in [0.1, 0.15) is 11.1 Å². The van der Waals surface area contributed by atoms with Crippen LogP contribution in [0.15, 0.2) is 33.9 Å². The maximum atomic E-state index is 13.4. The number of rotatable bonds is 1. The first-order valence-electron chi connectivity index (χ1n) is 6.58. The summed E-state index contributed by atoms with van der Waals surface area (Å²) >= 11 is 2.02. The van der Waals surface area contributed by atoms with E-state index in [1.807, 2.05) is 28.7 Å². The predicted molar refractivity (Wildman–Crippen MR) is 92.8 cm³/mol. The normalized spacial score (nSPS) is 10.7. The molecular weight excluding hydrogens is 412 g/mol. The third kappa shape index (κ3) is 2.55. The summed E-state index contributed by atoms with van der Waals surface area (Å²) in [5.74, 6) is -0.497. The highest BCUT2D eigenvalue weighted by atomic mass is 127. The van der Waals surface area contributed by atoms with E-state index in [1.165, 1.54) is 12.1 Å². The average molecular weight is 421 g/mol. The molecule has 114 valence electrons. The average Bonchev–Trinajstić information content (AvgIpc) is 2.50. The second-order valence-electron chi connectivity index (χ2n) is 5.01. The summed E-state index contributed by atoms with van der Waals surface area (Å²) in [4.78, 5) is 28.3. The van der Waals surface area contributed by atoms with Crippen LogP contribution in [-0.2, 0) is 0 Å². The van der Waals surface area contributed by atoms with Crippen molar-refractivity contribution in [2.24, 2.45) is 0 Å². The number of hydrogen-bond acceptors (Lipinski definition) is 3. The number of halogens is 2. The van der Waals surface area contributed by atoms with Crippen molar-refractivity contribution in [2.75, 3.05) is 0 Å². The molecule has 1 heterocycles. The molecule has 2 aromatic carbocycles. The Morgan fingerprint density at radius 2 is 1.96 bits per heavy atom. The van der Waals surface area contributed by atoms with Gasteiger partial charge in [-0.05, 0) is 53.3 Å². The number of aromatic amines is 2. The quantitative estimate of drug-likeness (QED) is 0.593. The minimum absolute atomic E-state index is 0.192. The van der Waals surface area contributed by atoms with Gasteiger partial charge in [-0.2, -0.15) is 5.26 Å². The van der Waals surface area contributed by atoms with Crippen molar-refractivity contribution in [3.63, 3.8) is 0 Å². The smallest absolute Gasteiger partial charge is 0.306 e. The molecule has 2 N–H and O–H groups in total. The molecule has 0 aliphatic carbocycles. The van der Waals surface area contributed by atoms with Crippen LogP contribution in [0.5, 0.6) is 0 Å². The highest BCUT2D eigenvalue weighted by Crippen LogP contribution is 2.34. The van der Waals surface area contributed by atoms with E-state index < -0.39 is 17.1 Å². The summed E-state index contributed by atoms with van der Waals surface area (Å²) in [6.07, 6.45) is 0. The Kier molecular flexibility index (Phi) is 3.77. The summed E-state index contributed by atoms with van der Waals surface area (Å²) in [7, 11) is 0. The Balaban J connectivity index is 2.47. The zero-order chi connectivity index (χ0) is 16.7. The predicted octanol–water partition coefficient (Wildman–Crippen LogP) is 2.81. The Hall–Kier alpha value is -2.47. The van der Waals surface area contributed by atoms with E-state index in [0.717, 1.165) is 11.6 Å². The van der Waals surface area contributed by atoms with Crippen LogP contribution in [0, 0.1) is 27.6 Å². The third-order valence-corrected chi connectivity index (χ3v) is 4.62. The molecule has 5 nitrogen and oxygen atoms in total. The Labute approximate surface area is 142 Å². The maximum absolute atomic E-state index is 13.4. The lowest BCUT2D eigenvalue weighted by Crippen LogP contribution is -2.22. The van der Waals surface area contributed by atoms with Crippen molar-refractivity contribution in [1.82, 2.24) is 9.97 Å². The molecule has 0 aliphatic heterocycles. The summed E-state index contributed by atoms with van der Waals surface area (Å²) in [6, 6.07) is 7.58. The van der Waals surface area contributed by atoms with Crippen molar-refractivity contribution in [1.29, 1.82) is 5.26 Å². The molecule has 0 saturated heterocycles. The second kappa shape index (κ2) is 5.62. The summed E-state index contributed by atoms with van der Waals surface area (Å²) in [5, 5.41) is 9.61. The van der Waals surface area contributed by atoms with Gasteiger partial charge in [0.25, 0.3) is 5.56 Å². The molecule has 0 atom stereocenters. The van der Waals surface area contributed by atoms with Crippen LogP contribution in [0.25, 0.3) is 22.0 Å². The lowest BCUT2D eigenvalue weighted by molar-refractivity contribution is 0.627. The number of nitrogens with zero attached hydrogens (tertiary/aromatic N) is 1. The highest BCUT2D eigenvalue weighted by Gasteiger charge is 2.17. The molecule has 0 radical (unpaired) electrons. The van der Waals surface area contributed by atoms with Crippen LogP contribution < -0.4 is 11.2 Å². The first-order valence-corrected chi connectivity index (χ1v) is 7.65. The van der Waals surface area contributed by atoms with Crippen molar-refractivity contribution in [2.45, 2.75) is 6.92 Å². The van der Waals surface area contributed by atoms with Crippen LogP contribution in [0.2, 0.25) is 0 Å². The van der Waals surface area contributed by atoms with Crippen molar-refractivity contribution in [3.8, 4) is 17.2 Å². The lowest BCUT2D eigenvalue weighted by atomic mass is 9.95. The first kappa shape index (κ1) is 15.4. The fraction of sp³-hybridized carbons (Fsp3) is 0.0625. The van der Waals surface area contributed by atoms with Gasteiger partial charge < -0.3 is 4.98 Å². The Morgan fingerprint density at radius 3 is 2.65 bits per heavy atom. The van der Waals surface area contributed by atoms with E-state index in [1.54, 1.807) is 13.0 Å². The molecule has 7 heteroatoms. The topological polar surface area (TPSA) is 89.5 Å². The minimum Gasteiger partial charge on any atom is -0.306 e. The van der Waals surface area contributed by atoms with Crippen LogP contribution >= 0.6 is 22.6 Å². The molecule has 23 heavy (non-hydrogen) atoms. The van der Waals surface area contributed by atoms with Crippen LogP contribution in [-0.4, -0.2) is 9.97 Å². The van der Waals surface area contributed by atoms with Gasteiger partial charge in [0.05, 0.1) is 22.5 Å². The van der Waals surface area contributed by atoms with Crippen molar-refractivity contribution in [3.05, 3.63) is 65.6 Å². The number of aryl methyl sites for hydroxylation is 1. The molecule has 1 aromatic heterocycles. The van der Waals surface area contributed by atoms with Gasteiger partial charge in [0.2, 0.25) is 0 Å². The molecule has 0 unspecified atom stereocenters. The third-order valence-electron chi connectivity index (χ3n) is 3.55. The number of benzene rings is 2. The lowest BCUT2D eigenvalue weighted by Gasteiger charge is -2.13. The van der Waals surface area contributed by atoms with Gasteiger partial charge in [-0.1, -0.05) is 6.07 Å². The fourth-order valence-corrected chi connectivity index (χ4v) is 3.69. The largest absolute Gasteiger partial charge is 0.326 e. The zero-order valence-electron chi connectivity index (χ0n) is 11.8. The Morgan fingerprint density at radius 1 is 1.22 bits per heavy atom. The molecule has 0 saturated carbocycles. The molecule has 3 aromatic rings. The number of nitrogens with one attached hydrogen (secondary N) is 2. The summed E-state index contributed by atoms with van der Waals surface area (Å²) < 4.78 is 14.0. The minimum atomic E-state index is -0.602. The number of hydrogen-bond donors (Lipinski definition) is 2. The van der Waals surface area contributed by atoms with E-state index in [0.29, 0.717) is 25.6 Å². The molecule has 0 spiro atoms. The van der Waals surface area contributed by atoms with Gasteiger partial charge >= 0.3 is 5.69 Å². The van der Waals surface area contributed by atoms with E-state index in [4.69, 9.17) is 0 Å².